The molecule has 0 bridgehead atoms. The van der Waals surface area contributed by atoms with Gasteiger partial charge in [0.1, 0.15) is 5.82 Å². The van der Waals surface area contributed by atoms with Crippen LogP contribution in [0.2, 0.25) is 0 Å². The van der Waals surface area contributed by atoms with Crippen molar-refractivity contribution in [3.8, 4) is 0 Å². The number of ether oxygens (including phenoxy) is 1. The van der Waals surface area contributed by atoms with E-state index in [4.69, 9.17) is 4.74 Å². The van der Waals surface area contributed by atoms with Crippen molar-refractivity contribution in [1.82, 2.24) is 5.32 Å². The Hall–Kier alpha value is -0.580. The van der Waals surface area contributed by atoms with E-state index >= 15 is 0 Å². The maximum atomic E-state index is 12.9. The van der Waals surface area contributed by atoms with E-state index in [9.17, 15) is 4.39 Å². The molecule has 17 heavy (non-hydrogen) atoms. The van der Waals surface area contributed by atoms with E-state index in [2.05, 4.69) is 5.32 Å². The lowest BCUT2D eigenvalue weighted by Crippen LogP contribution is -2.19. The number of hydrogen-bond acceptors (Lipinski definition) is 3. The Kier molecular flexibility index (Phi) is 8.05. The molecule has 0 saturated heterocycles. The topological polar surface area (TPSA) is 21.3 Å². The second kappa shape index (κ2) is 9.45. The minimum absolute atomic E-state index is 0.167. The van der Waals surface area contributed by atoms with Crippen molar-refractivity contribution < 1.29 is 9.13 Å². The number of halogens is 1. The molecule has 0 aliphatic rings. The van der Waals surface area contributed by atoms with Crippen molar-refractivity contribution in [2.75, 3.05) is 32.1 Å². The van der Waals surface area contributed by atoms with E-state index in [0.29, 0.717) is 0 Å². The van der Waals surface area contributed by atoms with E-state index < -0.39 is 0 Å². The maximum Gasteiger partial charge on any atom is 0.124 e. The van der Waals surface area contributed by atoms with Gasteiger partial charge in [-0.15, -0.1) is 11.8 Å². The highest BCUT2D eigenvalue weighted by molar-refractivity contribution is 7.99. The summed E-state index contributed by atoms with van der Waals surface area (Å²) in [5.41, 5.74) is 0. The Morgan fingerprint density at radius 1 is 1.35 bits per heavy atom. The van der Waals surface area contributed by atoms with Crippen molar-refractivity contribution in [3.05, 3.63) is 30.1 Å². The Bertz CT molecular complexity index is 309. The molecule has 0 spiro atoms. The van der Waals surface area contributed by atoms with E-state index in [0.717, 1.165) is 43.4 Å². The van der Waals surface area contributed by atoms with Crippen molar-refractivity contribution in [2.24, 2.45) is 0 Å². The van der Waals surface area contributed by atoms with Crippen molar-refractivity contribution in [3.63, 3.8) is 0 Å². The van der Waals surface area contributed by atoms with Gasteiger partial charge in [0, 0.05) is 30.4 Å². The smallest absolute Gasteiger partial charge is 0.124 e. The number of thioether (sulfide) groups is 1. The lowest BCUT2D eigenvalue weighted by molar-refractivity contribution is 0.145. The first kappa shape index (κ1) is 14.5. The largest absolute Gasteiger partial charge is 0.382 e. The minimum Gasteiger partial charge on any atom is -0.382 e. The van der Waals surface area contributed by atoms with E-state index in [1.54, 1.807) is 23.9 Å². The van der Waals surface area contributed by atoms with Crippen LogP contribution in [0.1, 0.15) is 13.3 Å². The molecular formula is C13H20FNOS. The highest BCUT2D eigenvalue weighted by Crippen LogP contribution is 2.17. The molecule has 0 aliphatic carbocycles. The molecule has 0 aromatic heterocycles. The van der Waals surface area contributed by atoms with Gasteiger partial charge < -0.3 is 10.1 Å². The molecule has 0 radical (unpaired) electrons. The molecule has 4 heteroatoms. The Labute approximate surface area is 107 Å². The molecule has 0 saturated carbocycles. The third kappa shape index (κ3) is 7.36. The Morgan fingerprint density at radius 3 is 3.00 bits per heavy atom. The van der Waals surface area contributed by atoms with Gasteiger partial charge in [0.05, 0.1) is 0 Å². The first-order chi connectivity index (χ1) is 8.33. The SMILES string of the molecule is CCOCCCNCCSc1cccc(F)c1. The van der Waals surface area contributed by atoms with Crippen LogP contribution in [0.25, 0.3) is 0 Å². The maximum absolute atomic E-state index is 12.9. The van der Waals surface area contributed by atoms with E-state index in [1.165, 1.54) is 6.07 Å². The molecule has 1 rings (SSSR count). The van der Waals surface area contributed by atoms with Gasteiger partial charge in [-0.05, 0) is 38.1 Å². The second-order valence-corrected chi connectivity index (χ2v) is 4.77. The lowest BCUT2D eigenvalue weighted by atomic mass is 10.4. The zero-order chi connectivity index (χ0) is 12.3. The van der Waals surface area contributed by atoms with Crippen LogP contribution in [0.15, 0.2) is 29.2 Å². The summed E-state index contributed by atoms with van der Waals surface area (Å²) in [6.45, 7) is 5.52. The molecule has 1 aromatic rings. The van der Waals surface area contributed by atoms with Gasteiger partial charge in [0.2, 0.25) is 0 Å². The van der Waals surface area contributed by atoms with Crippen LogP contribution in [0, 0.1) is 5.82 Å². The third-order valence-corrected chi connectivity index (χ3v) is 3.19. The summed E-state index contributed by atoms with van der Waals surface area (Å²) in [7, 11) is 0. The zero-order valence-corrected chi connectivity index (χ0v) is 11.1. The summed E-state index contributed by atoms with van der Waals surface area (Å²) in [5, 5.41) is 3.33. The molecule has 0 aliphatic heterocycles. The Balaban J connectivity index is 1.97. The quantitative estimate of drug-likeness (QED) is 0.543. The summed E-state index contributed by atoms with van der Waals surface area (Å²) >= 11 is 1.67. The molecule has 1 aromatic carbocycles. The van der Waals surface area contributed by atoms with Gasteiger partial charge in [-0.2, -0.15) is 0 Å². The molecule has 0 amide bonds. The number of nitrogens with one attached hydrogen (secondary N) is 1. The van der Waals surface area contributed by atoms with Gasteiger partial charge in [-0.25, -0.2) is 4.39 Å². The van der Waals surface area contributed by atoms with Crippen molar-refractivity contribution >= 4 is 11.8 Å². The predicted octanol–water partition coefficient (Wildman–Crippen LogP) is 2.93. The molecule has 1 N–H and O–H groups in total. The van der Waals surface area contributed by atoms with Crippen LogP contribution in [0.4, 0.5) is 4.39 Å². The lowest BCUT2D eigenvalue weighted by Gasteiger charge is -2.05. The van der Waals surface area contributed by atoms with Crippen molar-refractivity contribution in [1.29, 1.82) is 0 Å². The fraction of sp³-hybridized carbons (Fsp3) is 0.538. The summed E-state index contributed by atoms with van der Waals surface area (Å²) in [6, 6.07) is 6.71. The predicted molar refractivity (Wildman–Crippen MR) is 71.1 cm³/mol. The summed E-state index contributed by atoms with van der Waals surface area (Å²) in [4.78, 5) is 0.987. The number of benzene rings is 1. The normalized spacial score (nSPS) is 10.7. The van der Waals surface area contributed by atoms with Crippen LogP contribution < -0.4 is 5.32 Å². The fourth-order valence-corrected chi connectivity index (χ4v) is 2.22. The van der Waals surface area contributed by atoms with Gasteiger partial charge in [-0.1, -0.05) is 6.07 Å². The molecule has 2 nitrogen and oxygen atoms in total. The standard InChI is InChI=1S/C13H20FNOS/c1-2-16-9-4-7-15-8-10-17-13-6-3-5-12(14)11-13/h3,5-6,11,15H,2,4,7-10H2,1H3. The molecule has 0 unspecified atom stereocenters. The minimum atomic E-state index is -0.167. The average molecular weight is 257 g/mol. The number of rotatable bonds is 9. The van der Waals surface area contributed by atoms with Gasteiger partial charge in [0.15, 0.2) is 0 Å². The zero-order valence-electron chi connectivity index (χ0n) is 10.2. The second-order valence-electron chi connectivity index (χ2n) is 3.61. The summed E-state index contributed by atoms with van der Waals surface area (Å²) in [6.07, 6.45) is 1.04. The van der Waals surface area contributed by atoms with Crippen molar-refractivity contribution in [2.45, 2.75) is 18.2 Å². The van der Waals surface area contributed by atoms with Crippen LogP contribution >= 0.6 is 11.8 Å². The molecule has 0 atom stereocenters. The molecule has 0 heterocycles. The first-order valence-electron chi connectivity index (χ1n) is 5.99. The van der Waals surface area contributed by atoms with Gasteiger partial charge >= 0.3 is 0 Å². The number of hydrogen-bond donors (Lipinski definition) is 1. The van der Waals surface area contributed by atoms with Gasteiger partial charge in [-0.3, -0.25) is 0 Å². The third-order valence-electron chi connectivity index (χ3n) is 2.19. The molecule has 96 valence electrons. The highest BCUT2D eigenvalue weighted by atomic mass is 32.2. The summed E-state index contributed by atoms with van der Waals surface area (Å²) in [5.74, 6) is 0.789. The summed E-state index contributed by atoms with van der Waals surface area (Å²) < 4.78 is 18.1. The Morgan fingerprint density at radius 2 is 2.24 bits per heavy atom. The van der Waals surface area contributed by atoms with Gasteiger partial charge in [0.25, 0.3) is 0 Å². The fourth-order valence-electron chi connectivity index (χ4n) is 1.37. The van der Waals surface area contributed by atoms with E-state index in [-0.39, 0.29) is 5.82 Å². The average Bonchev–Trinajstić information content (AvgIpc) is 2.33. The van der Waals surface area contributed by atoms with Crippen LogP contribution in [0.3, 0.4) is 0 Å². The van der Waals surface area contributed by atoms with Crippen LogP contribution in [0.5, 0.6) is 0 Å². The first-order valence-corrected chi connectivity index (χ1v) is 6.98. The molecular weight excluding hydrogens is 237 g/mol. The monoisotopic (exact) mass is 257 g/mol. The molecule has 0 fully saturated rings. The van der Waals surface area contributed by atoms with Crippen LogP contribution in [-0.4, -0.2) is 32.1 Å². The highest BCUT2D eigenvalue weighted by Gasteiger charge is 1.95. The van der Waals surface area contributed by atoms with E-state index in [1.807, 2.05) is 13.0 Å². The van der Waals surface area contributed by atoms with Crippen LogP contribution in [-0.2, 0) is 4.74 Å².